The van der Waals surface area contributed by atoms with Gasteiger partial charge in [-0.25, -0.2) is 0 Å². The minimum absolute atomic E-state index is 0.0133. The van der Waals surface area contributed by atoms with Crippen LogP contribution in [0.15, 0.2) is 18.2 Å². The average Bonchev–Trinajstić information content (AvgIpc) is 2.70. The van der Waals surface area contributed by atoms with E-state index < -0.39 is 0 Å². The van der Waals surface area contributed by atoms with Crippen molar-refractivity contribution in [3.63, 3.8) is 0 Å². The summed E-state index contributed by atoms with van der Waals surface area (Å²) < 4.78 is 6.10. The number of nitrogens with one attached hydrogen (secondary N) is 1. The topological polar surface area (TPSA) is 21.3 Å². The van der Waals surface area contributed by atoms with Gasteiger partial charge in [0.05, 0.1) is 12.2 Å². The van der Waals surface area contributed by atoms with Gasteiger partial charge in [-0.1, -0.05) is 25.1 Å². The van der Waals surface area contributed by atoms with Crippen molar-refractivity contribution in [1.29, 1.82) is 0 Å². The molecule has 2 atom stereocenters. The first-order chi connectivity index (χ1) is 7.74. The van der Waals surface area contributed by atoms with Crippen LogP contribution < -0.4 is 5.32 Å². The highest BCUT2D eigenvalue weighted by molar-refractivity contribution is 5.41. The third kappa shape index (κ3) is 1.33. The number of benzene rings is 1. The summed E-state index contributed by atoms with van der Waals surface area (Å²) in [5.41, 5.74) is 4.42. The molecule has 0 bridgehead atoms. The Kier molecular flexibility index (Phi) is 2.30. The number of aryl methyl sites for hydroxylation is 1. The van der Waals surface area contributed by atoms with Gasteiger partial charge in [-0.15, -0.1) is 0 Å². The van der Waals surface area contributed by atoms with Crippen LogP contribution in [-0.2, 0) is 17.8 Å². The molecule has 2 heterocycles. The molecule has 16 heavy (non-hydrogen) atoms. The van der Waals surface area contributed by atoms with Gasteiger partial charge in [-0.2, -0.15) is 0 Å². The smallest absolute Gasteiger partial charge is 0.0863 e. The lowest BCUT2D eigenvalue weighted by atomic mass is 9.80. The van der Waals surface area contributed by atoms with E-state index in [2.05, 4.69) is 37.4 Å². The maximum absolute atomic E-state index is 6.10. The molecule has 2 nitrogen and oxygen atoms in total. The van der Waals surface area contributed by atoms with Crippen molar-refractivity contribution >= 4 is 0 Å². The molecule has 1 N–H and O–H groups in total. The summed E-state index contributed by atoms with van der Waals surface area (Å²) in [7, 11) is 0. The van der Waals surface area contributed by atoms with Crippen LogP contribution in [0.2, 0.25) is 0 Å². The van der Waals surface area contributed by atoms with E-state index in [0.29, 0.717) is 5.92 Å². The second kappa shape index (κ2) is 3.57. The van der Waals surface area contributed by atoms with Crippen molar-refractivity contribution in [3.8, 4) is 0 Å². The van der Waals surface area contributed by atoms with Gasteiger partial charge < -0.3 is 10.1 Å². The Morgan fingerprint density at radius 3 is 3.19 bits per heavy atom. The maximum atomic E-state index is 6.10. The van der Waals surface area contributed by atoms with E-state index in [0.717, 1.165) is 26.1 Å². The van der Waals surface area contributed by atoms with Crippen molar-refractivity contribution in [2.75, 3.05) is 13.1 Å². The minimum Gasteiger partial charge on any atom is -0.369 e. The molecular weight excluding hydrogens is 198 g/mol. The maximum Gasteiger partial charge on any atom is 0.0863 e. The van der Waals surface area contributed by atoms with Crippen LogP contribution >= 0.6 is 0 Å². The van der Waals surface area contributed by atoms with E-state index in [-0.39, 0.29) is 5.60 Å². The van der Waals surface area contributed by atoms with E-state index in [1.165, 1.54) is 16.7 Å². The molecule has 0 aliphatic carbocycles. The number of hydrogen-bond acceptors (Lipinski definition) is 2. The van der Waals surface area contributed by atoms with Crippen LogP contribution in [0.3, 0.4) is 0 Å². The van der Waals surface area contributed by atoms with Crippen molar-refractivity contribution < 1.29 is 4.74 Å². The molecule has 0 amide bonds. The molecule has 1 fully saturated rings. The van der Waals surface area contributed by atoms with Gasteiger partial charge in [0.1, 0.15) is 0 Å². The number of fused-ring (bicyclic) bond motifs is 3. The Labute approximate surface area is 97.0 Å². The largest absolute Gasteiger partial charge is 0.369 e. The van der Waals surface area contributed by atoms with E-state index in [9.17, 15) is 0 Å². The van der Waals surface area contributed by atoms with Crippen molar-refractivity contribution in [3.05, 3.63) is 34.9 Å². The summed E-state index contributed by atoms with van der Waals surface area (Å²) in [5.74, 6) is 0.530. The SMILES string of the molecule is CCc1cccc2c1COC1(C)CNCC21. The molecule has 3 rings (SSSR count). The highest BCUT2D eigenvalue weighted by Crippen LogP contribution is 2.42. The summed E-state index contributed by atoms with van der Waals surface area (Å²) in [6.45, 7) is 7.27. The van der Waals surface area contributed by atoms with Crippen molar-refractivity contribution in [2.45, 2.75) is 38.4 Å². The Hall–Kier alpha value is -0.860. The highest BCUT2D eigenvalue weighted by Gasteiger charge is 2.44. The lowest BCUT2D eigenvalue weighted by molar-refractivity contribution is -0.0521. The fourth-order valence-corrected chi connectivity index (χ4v) is 3.12. The average molecular weight is 217 g/mol. The fourth-order valence-electron chi connectivity index (χ4n) is 3.12. The molecule has 2 heteroatoms. The van der Waals surface area contributed by atoms with Crippen molar-refractivity contribution in [1.82, 2.24) is 5.32 Å². The first kappa shape index (κ1) is 10.3. The Balaban J connectivity index is 2.10. The van der Waals surface area contributed by atoms with E-state index in [1.807, 2.05) is 0 Å². The first-order valence-electron chi connectivity index (χ1n) is 6.20. The second-order valence-electron chi connectivity index (χ2n) is 5.12. The van der Waals surface area contributed by atoms with Gasteiger partial charge in [0, 0.05) is 19.0 Å². The molecule has 0 saturated carbocycles. The molecule has 2 unspecified atom stereocenters. The van der Waals surface area contributed by atoms with Crippen molar-refractivity contribution in [2.24, 2.45) is 0 Å². The lowest BCUT2D eigenvalue weighted by Crippen LogP contribution is -2.40. The zero-order chi connectivity index (χ0) is 11.2. The molecule has 1 saturated heterocycles. The molecule has 1 aromatic carbocycles. The van der Waals surface area contributed by atoms with Gasteiger partial charge in [0.2, 0.25) is 0 Å². The standard InChI is InChI=1S/C14H19NO/c1-3-10-5-4-6-11-12(10)8-16-14(2)9-15-7-13(11)14/h4-6,13,15H,3,7-9H2,1-2H3. The summed E-state index contributed by atoms with van der Waals surface area (Å²) in [6.07, 6.45) is 1.10. The van der Waals surface area contributed by atoms with Gasteiger partial charge in [-0.05, 0) is 30.0 Å². The van der Waals surface area contributed by atoms with E-state index in [4.69, 9.17) is 4.74 Å². The molecule has 0 aromatic heterocycles. The lowest BCUT2D eigenvalue weighted by Gasteiger charge is -2.37. The third-order valence-electron chi connectivity index (χ3n) is 4.17. The Bertz CT molecular complexity index is 415. The van der Waals surface area contributed by atoms with Crippen LogP contribution in [0.5, 0.6) is 0 Å². The molecule has 0 radical (unpaired) electrons. The molecular formula is C14H19NO. The number of ether oxygens (including phenoxy) is 1. The number of rotatable bonds is 1. The Morgan fingerprint density at radius 2 is 2.38 bits per heavy atom. The first-order valence-corrected chi connectivity index (χ1v) is 6.20. The predicted molar refractivity (Wildman–Crippen MR) is 64.6 cm³/mol. The van der Waals surface area contributed by atoms with Gasteiger partial charge in [0.15, 0.2) is 0 Å². The molecule has 2 aliphatic rings. The molecule has 1 aromatic rings. The van der Waals surface area contributed by atoms with Crippen LogP contribution in [-0.4, -0.2) is 18.7 Å². The summed E-state index contributed by atoms with van der Waals surface area (Å²) in [5, 5.41) is 3.46. The summed E-state index contributed by atoms with van der Waals surface area (Å²) in [4.78, 5) is 0. The number of hydrogen-bond donors (Lipinski definition) is 1. The fraction of sp³-hybridized carbons (Fsp3) is 0.571. The monoisotopic (exact) mass is 217 g/mol. The minimum atomic E-state index is 0.0133. The van der Waals surface area contributed by atoms with Crippen LogP contribution in [0.25, 0.3) is 0 Å². The summed E-state index contributed by atoms with van der Waals surface area (Å²) in [6, 6.07) is 6.71. The van der Waals surface area contributed by atoms with E-state index >= 15 is 0 Å². The van der Waals surface area contributed by atoms with Gasteiger partial charge >= 0.3 is 0 Å². The van der Waals surface area contributed by atoms with Crippen LogP contribution in [0.1, 0.15) is 36.5 Å². The third-order valence-corrected chi connectivity index (χ3v) is 4.17. The molecule has 2 aliphatic heterocycles. The molecule has 0 spiro atoms. The van der Waals surface area contributed by atoms with Crippen LogP contribution in [0.4, 0.5) is 0 Å². The normalized spacial score (nSPS) is 32.2. The molecule has 86 valence electrons. The second-order valence-corrected chi connectivity index (χ2v) is 5.12. The van der Waals surface area contributed by atoms with Crippen LogP contribution in [0, 0.1) is 0 Å². The van der Waals surface area contributed by atoms with Gasteiger partial charge in [0.25, 0.3) is 0 Å². The summed E-state index contributed by atoms with van der Waals surface area (Å²) >= 11 is 0. The quantitative estimate of drug-likeness (QED) is 0.779. The predicted octanol–water partition coefficient (Wildman–Crippen LogP) is 2.22. The highest BCUT2D eigenvalue weighted by atomic mass is 16.5. The Morgan fingerprint density at radius 1 is 1.50 bits per heavy atom. The van der Waals surface area contributed by atoms with Gasteiger partial charge in [-0.3, -0.25) is 0 Å². The van der Waals surface area contributed by atoms with E-state index in [1.54, 1.807) is 0 Å². The zero-order valence-corrected chi connectivity index (χ0v) is 10.0. The zero-order valence-electron chi connectivity index (χ0n) is 10.0.